The fourth-order valence-electron chi connectivity index (χ4n) is 3.39. The molecule has 0 spiro atoms. The Morgan fingerprint density at radius 2 is 2.00 bits per heavy atom. The number of fused-ring (bicyclic) bond motifs is 1. The Hall–Kier alpha value is -2.68. The van der Waals surface area contributed by atoms with Crippen LogP contribution in [0.25, 0.3) is 11.0 Å². The first-order chi connectivity index (χ1) is 12.1. The monoisotopic (exact) mass is 338 g/mol. The van der Waals surface area contributed by atoms with Crippen LogP contribution in [-0.2, 0) is 9.59 Å². The molecular formula is C19H22N4O2. The molecule has 1 fully saturated rings. The van der Waals surface area contributed by atoms with Crippen molar-refractivity contribution in [1.82, 2.24) is 15.3 Å². The highest BCUT2D eigenvalue weighted by Gasteiger charge is 2.30. The van der Waals surface area contributed by atoms with Gasteiger partial charge in [-0.05, 0) is 31.9 Å². The lowest BCUT2D eigenvalue weighted by atomic mass is 9.88. The molecule has 2 aromatic rings. The fourth-order valence-corrected chi connectivity index (χ4v) is 3.39. The van der Waals surface area contributed by atoms with Crippen LogP contribution in [0.5, 0.6) is 0 Å². The smallest absolute Gasteiger partial charge is 0.223 e. The molecule has 1 aromatic carbocycles. The van der Waals surface area contributed by atoms with Gasteiger partial charge in [-0.2, -0.15) is 5.26 Å². The summed E-state index contributed by atoms with van der Waals surface area (Å²) in [7, 11) is 0. The van der Waals surface area contributed by atoms with E-state index in [0.29, 0.717) is 11.3 Å². The van der Waals surface area contributed by atoms with E-state index in [2.05, 4.69) is 15.3 Å². The lowest BCUT2D eigenvalue weighted by molar-refractivity contribution is -0.130. The zero-order valence-electron chi connectivity index (χ0n) is 14.3. The number of carbonyl (C=O) groups excluding carboxylic acids is 2. The number of nitrogens with one attached hydrogen (secondary N) is 2. The lowest BCUT2D eigenvalue weighted by Gasteiger charge is -2.23. The second-order valence-corrected chi connectivity index (χ2v) is 6.67. The van der Waals surface area contributed by atoms with Crippen molar-refractivity contribution in [2.24, 2.45) is 5.92 Å². The number of Topliss-reactive ketones (excluding diaryl/α,β-unsaturated/α-hetero) is 1. The van der Waals surface area contributed by atoms with Gasteiger partial charge in [-0.3, -0.25) is 9.59 Å². The summed E-state index contributed by atoms with van der Waals surface area (Å²) >= 11 is 0. The number of aromatic amines is 1. The summed E-state index contributed by atoms with van der Waals surface area (Å²) in [6.07, 6.45) is 5.03. The molecule has 1 aliphatic carbocycles. The van der Waals surface area contributed by atoms with E-state index in [1.807, 2.05) is 30.3 Å². The molecule has 0 aliphatic heterocycles. The van der Waals surface area contributed by atoms with Crippen LogP contribution in [0.3, 0.4) is 0 Å². The normalized spacial score (nSPS) is 17.6. The predicted octanol–water partition coefficient (Wildman–Crippen LogP) is 2.82. The van der Waals surface area contributed by atoms with Gasteiger partial charge in [-0.1, -0.05) is 31.4 Å². The van der Waals surface area contributed by atoms with Crippen LogP contribution in [0.15, 0.2) is 24.3 Å². The predicted molar refractivity (Wildman–Crippen MR) is 93.6 cm³/mol. The second-order valence-electron chi connectivity index (χ2n) is 6.67. The number of nitriles is 1. The number of benzene rings is 1. The molecule has 1 heterocycles. The number of aromatic nitrogens is 2. The molecule has 0 saturated heterocycles. The van der Waals surface area contributed by atoms with Crippen LogP contribution in [0.2, 0.25) is 0 Å². The molecule has 6 nitrogen and oxygen atoms in total. The summed E-state index contributed by atoms with van der Waals surface area (Å²) in [5.74, 6) is -1.13. The van der Waals surface area contributed by atoms with Crippen molar-refractivity contribution in [1.29, 1.82) is 5.26 Å². The number of imidazole rings is 1. The van der Waals surface area contributed by atoms with Crippen molar-refractivity contribution >= 4 is 22.7 Å². The summed E-state index contributed by atoms with van der Waals surface area (Å²) in [5.41, 5.74) is 1.49. The van der Waals surface area contributed by atoms with Gasteiger partial charge in [0.15, 0.2) is 11.7 Å². The Balaban J connectivity index is 1.70. The van der Waals surface area contributed by atoms with Crippen LogP contribution >= 0.6 is 0 Å². The van der Waals surface area contributed by atoms with Crippen LogP contribution in [0, 0.1) is 17.2 Å². The number of carbonyl (C=O) groups is 2. The third-order valence-corrected chi connectivity index (χ3v) is 4.86. The summed E-state index contributed by atoms with van der Waals surface area (Å²) in [6, 6.07) is 8.68. The second kappa shape index (κ2) is 7.47. The maximum absolute atomic E-state index is 12.7. The SMILES string of the molecule is CC(NC(=O)C1CCCCC1)C(=O)C(C#N)c1nc2ccccc2[nH]1. The highest BCUT2D eigenvalue weighted by Crippen LogP contribution is 2.24. The third kappa shape index (κ3) is 3.71. The molecule has 2 N–H and O–H groups in total. The zero-order chi connectivity index (χ0) is 17.8. The average molecular weight is 338 g/mol. The number of para-hydroxylation sites is 2. The molecule has 1 saturated carbocycles. The molecule has 1 amide bonds. The van der Waals surface area contributed by atoms with Crippen LogP contribution in [0.4, 0.5) is 0 Å². The van der Waals surface area contributed by atoms with Crippen molar-refractivity contribution in [3.63, 3.8) is 0 Å². The van der Waals surface area contributed by atoms with Crippen molar-refractivity contribution < 1.29 is 9.59 Å². The average Bonchev–Trinajstić information content (AvgIpc) is 3.06. The number of amides is 1. The molecule has 6 heteroatoms. The van der Waals surface area contributed by atoms with E-state index in [0.717, 1.165) is 31.2 Å². The Bertz CT molecular complexity index is 781. The molecule has 2 unspecified atom stereocenters. The summed E-state index contributed by atoms with van der Waals surface area (Å²) in [5, 5.41) is 12.2. The van der Waals surface area contributed by atoms with Gasteiger partial charge in [-0.25, -0.2) is 4.98 Å². The van der Waals surface area contributed by atoms with Crippen LogP contribution in [0.1, 0.15) is 50.8 Å². The van der Waals surface area contributed by atoms with E-state index < -0.39 is 12.0 Å². The number of hydrogen-bond acceptors (Lipinski definition) is 4. The zero-order valence-corrected chi connectivity index (χ0v) is 14.3. The minimum atomic E-state index is -1.02. The van der Waals surface area contributed by atoms with Crippen molar-refractivity contribution in [2.45, 2.75) is 51.0 Å². The molecule has 3 rings (SSSR count). The van der Waals surface area contributed by atoms with Gasteiger partial charge in [0.2, 0.25) is 5.91 Å². The molecule has 130 valence electrons. The quantitative estimate of drug-likeness (QED) is 0.875. The van der Waals surface area contributed by atoms with E-state index in [4.69, 9.17) is 0 Å². The lowest BCUT2D eigenvalue weighted by Crippen LogP contribution is -2.44. The summed E-state index contributed by atoms with van der Waals surface area (Å²) < 4.78 is 0. The summed E-state index contributed by atoms with van der Waals surface area (Å²) in [6.45, 7) is 1.63. The van der Waals surface area contributed by atoms with Gasteiger partial charge >= 0.3 is 0 Å². The maximum Gasteiger partial charge on any atom is 0.223 e. The van der Waals surface area contributed by atoms with Crippen molar-refractivity contribution in [2.75, 3.05) is 0 Å². The number of nitrogens with zero attached hydrogens (tertiary/aromatic N) is 2. The van der Waals surface area contributed by atoms with Gasteiger partial charge in [0.1, 0.15) is 5.82 Å². The van der Waals surface area contributed by atoms with Gasteiger partial charge in [0.05, 0.1) is 23.1 Å². The number of H-pyrrole nitrogens is 1. The molecular weight excluding hydrogens is 316 g/mol. The highest BCUT2D eigenvalue weighted by atomic mass is 16.2. The van der Waals surface area contributed by atoms with Gasteiger partial charge in [0, 0.05) is 5.92 Å². The first kappa shape index (κ1) is 17.2. The maximum atomic E-state index is 12.7. The number of hydrogen-bond donors (Lipinski definition) is 2. The van der Waals surface area contributed by atoms with Gasteiger partial charge in [-0.15, -0.1) is 0 Å². The van der Waals surface area contributed by atoms with Crippen LogP contribution in [-0.4, -0.2) is 27.7 Å². The molecule has 1 aromatic heterocycles. The topological polar surface area (TPSA) is 98.6 Å². The molecule has 25 heavy (non-hydrogen) atoms. The van der Waals surface area contributed by atoms with Gasteiger partial charge in [0.25, 0.3) is 0 Å². The Morgan fingerprint density at radius 1 is 1.28 bits per heavy atom. The number of ketones is 1. The van der Waals surface area contributed by atoms with E-state index in [9.17, 15) is 14.9 Å². The summed E-state index contributed by atoms with van der Waals surface area (Å²) in [4.78, 5) is 32.4. The van der Waals surface area contributed by atoms with E-state index in [1.165, 1.54) is 6.42 Å². The van der Waals surface area contributed by atoms with Crippen molar-refractivity contribution in [3.8, 4) is 6.07 Å². The first-order valence-electron chi connectivity index (χ1n) is 8.78. The highest BCUT2D eigenvalue weighted by molar-refractivity contribution is 5.95. The van der Waals surface area contributed by atoms with Crippen molar-refractivity contribution in [3.05, 3.63) is 30.1 Å². The third-order valence-electron chi connectivity index (χ3n) is 4.86. The molecule has 2 atom stereocenters. The standard InChI is InChI=1S/C19H22N4O2/c1-12(21-19(25)13-7-3-2-4-8-13)17(24)14(11-20)18-22-15-9-5-6-10-16(15)23-18/h5-6,9-10,12-14H,2-4,7-8H2,1H3,(H,21,25)(H,22,23). The van der Waals surface area contributed by atoms with E-state index in [-0.39, 0.29) is 17.6 Å². The molecule has 0 bridgehead atoms. The molecule has 0 radical (unpaired) electrons. The fraction of sp³-hybridized carbons (Fsp3) is 0.474. The van der Waals surface area contributed by atoms with E-state index >= 15 is 0 Å². The Kier molecular flexibility index (Phi) is 5.13. The first-order valence-corrected chi connectivity index (χ1v) is 8.78. The minimum absolute atomic E-state index is 0.0178. The Labute approximate surface area is 146 Å². The van der Waals surface area contributed by atoms with E-state index in [1.54, 1.807) is 6.92 Å². The molecule has 1 aliphatic rings. The Morgan fingerprint density at radius 3 is 2.68 bits per heavy atom. The number of rotatable bonds is 5. The largest absolute Gasteiger partial charge is 0.346 e. The minimum Gasteiger partial charge on any atom is -0.346 e. The van der Waals surface area contributed by atoms with Gasteiger partial charge < -0.3 is 10.3 Å². The van der Waals surface area contributed by atoms with Crippen LogP contribution < -0.4 is 5.32 Å².